The molecule has 0 unspecified atom stereocenters. The molecule has 2 aromatic carbocycles. The second kappa shape index (κ2) is 6.20. The number of nitrogens with two attached hydrogens (primary N) is 1. The molecule has 4 N–H and O–H groups in total. The lowest BCUT2D eigenvalue weighted by atomic mass is 9.90. The van der Waals surface area contributed by atoms with E-state index in [4.69, 9.17) is 5.73 Å². The van der Waals surface area contributed by atoms with Crippen molar-refractivity contribution in [3.63, 3.8) is 0 Å². The summed E-state index contributed by atoms with van der Waals surface area (Å²) in [5, 5.41) is 8.95. The number of benzene rings is 2. The molecule has 8 heteroatoms. The fourth-order valence-electron chi connectivity index (χ4n) is 4.38. The lowest BCUT2D eigenvalue weighted by Crippen LogP contribution is -2.26. The minimum Gasteiger partial charge on any atom is -0.477 e. The summed E-state index contributed by atoms with van der Waals surface area (Å²) in [7, 11) is 1.96. The molecule has 1 aliphatic heterocycles. The van der Waals surface area contributed by atoms with Gasteiger partial charge in [-0.3, -0.25) is 9.69 Å². The average molecular weight is 411 g/mol. The summed E-state index contributed by atoms with van der Waals surface area (Å²) in [5.41, 5.74) is 5.46. The topological polar surface area (TPSA) is 99.4 Å². The van der Waals surface area contributed by atoms with Crippen LogP contribution in [-0.4, -0.2) is 28.0 Å². The number of pyridine rings is 1. The first-order chi connectivity index (χ1) is 14.2. The van der Waals surface area contributed by atoms with E-state index in [9.17, 15) is 14.7 Å². The number of rotatable bonds is 3. The summed E-state index contributed by atoms with van der Waals surface area (Å²) < 4.78 is 31.3. The minimum atomic E-state index is -1.47. The number of nitrogens with zero attached hydrogens (tertiary/aromatic N) is 1. The number of halogens is 2. The molecule has 1 fully saturated rings. The molecular weight excluding hydrogens is 392 g/mol. The van der Waals surface area contributed by atoms with Gasteiger partial charge in [-0.2, -0.15) is 0 Å². The van der Waals surface area contributed by atoms with Crippen molar-refractivity contribution in [2.75, 3.05) is 7.05 Å². The Kier molecular flexibility index (Phi) is 3.90. The molecule has 0 atom stereocenters. The number of hydrogen-bond donors (Lipinski definition) is 3. The highest BCUT2D eigenvalue weighted by molar-refractivity contribution is 5.96. The largest absolute Gasteiger partial charge is 0.477 e. The normalized spacial score (nSPS) is 17.3. The fourth-order valence-corrected chi connectivity index (χ4v) is 4.38. The van der Waals surface area contributed by atoms with Crippen LogP contribution >= 0.6 is 0 Å². The molecule has 2 heterocycles. The smallest absolute Gasteiger partial charge is 0.341 e. The van der Waals surface area contributed by atoms with Crippen molar-refractivity contribution in [3.05, 3.63) is 68.5 Å². The molecule has 6 nitrogen and oxygen atoms in total. The summed E-state index contributed by atoms with van der Waals surface area (Å²) >= 11 is 0. The van der Waals surface area contributed by atoms with Crippen LogP contribution in [0.4, 0.5) is 8.78 Å². The van der Waals surface area contributed by atoms with Crippen molar-refractivity contribution in [1.82, 2.24) is 9.88 Å². The predicted molar refractivity (Wildman–Crippen MR) is 107 cm³/mol. The Balaban J connectivity index is 1.86. The summed E-state index contributed by atoms with van der Waals surface area (Å²) in [4.78, 5) is 28.9. The Hall–Kier alpha value is -3.10. The third-order valence-electron chi connectivity index (χ3n) is 6.10. The van der Waals surface area contributed by atoms with Crippen LogP contribution in [0.3, 0.4) is 0 Å². The lowest BCUT2D eigenvalue weighted by molar-refractivity contribution is 0.0695. The van der Waals surface area contributed by atoms with Gasteiger partial charge in [0, 0.05) is 30.4 Å². The molecule has 0 spiro atoms. The Morgan fingerprint density at radius 1 is 1.20 bits per heavy atom. The molecule has 2 aliphatic rings. The van der Waals surface area contributed by atoms with Crippen molar-refractivity contribution in [2.45, 2.75) is 31.5 Å². The number of carboxylic acid groups (broad SMARTS) is 1. The summed E-state index contributed by atoms with van der Waals surface area (Å²) in [6, 6.07) is 5.27. The molecule has 0 radical (unpaired) electrons. The van der Waals surface area contributed by atoms with Crippen molar-refractivity contribution in [1.29, 1.82) is 0 Å². The van der Waals surface area contributed by atoms with Gasteiger partial charge in [0.05, 0.1) is 16.5 Å². The molecular formula is C22H19F2N3O3. The van der Waals surface area contributed by atoms with Gasteiger partial charge in [-0.1, -0.05) is 12.1 Å². The van der Waals surface area contributed by atoms with Gasteiger partial charge >= 0.3 is 5.97 Å². The fraction of sp³-hybridized carbons (Fsp3) is 0.273. The highest BCUT2D eigenvalue weighted by Gasteiger charge is 2.45. The number of carboxylic acids is 1. The molecule has 1 saturated carbocycles. The number of H-pyrrole nitrogens is 1. The molecule has 154 valence electrons. The zero-order chi connectivity index (χ0) is 21.4. The molecule has 3 aromatic rings. The van der Waals surface area contributed by atoms with Crippen LogP contribution in [0.25, 0.3) is 22.0 Å². The Morgan fingerprint density at radius 3 is 2.57 bits per heavy atom. The maximum Gasteiger partial charge on any atom is 0.341 e. The van der Waals surface area contributed by atoms with E-state index in [1.54, 1.807) is 12.1 Å². The van der Waals surface area contributed by atoms with Crippen molar-refractivity contribution < 1.29 is 18.7 Å². The first-order valence-electron chi connectivity index (χ1n) is 9.61. The van der Waals surface area contributed by atoms with E-state index in [0.29, 0.717) is 24.9 Å². The number of carbonyl (C=O) groups is 1. The van der Waals surface area contributed by atoms with Crippen molar-refractivity contribution in [2.24, 2.45) is 5.73 Å². The van der Waals surface area contributed by atoms with Crippen molar-refractivity contribution >= 4 is 16.9 Å². The first kappa shape index (κ1) is 18.9. The number of aromatic nitrogens is 1. The highest BCUT2D eigenvalue weighted by atomic mass is 19.1. The zero-order valence-electron chi connectivity index (χ0n) is 16.2. The van der Waals surface area contributed by atoms with E-state index in [-0.39, 0.29) is 22.0 Å². The lowest BCUT2D eigenvalue weighted by Gasteiger charge is -2.19. The third-order valence-corrected chi connectivity index (χ3v) is 6.10. The zero-order valence-corrected chi connectivity index (χ0v) is 16.2. The maximum atomic E-state index is 15.8. The molecule has 1 aliphatic carbocycles. The average Bonchev–Trinajstić information content (AvgIpc) is 3.30. The molecule has 1 aromatic heterocycles. The van der Waals surface area contributed by atoms with Crippen LogP contribution in [-0.2, 0) is 18.6 Å². The summed E-state index contributed by atoms with van der Waals surface area (Å²) in [6.07, 6.45) is 1.79. The Labute approximate surface area is 169 Å². The second-order valence-corrected chi connectivity index (χ2v) is 8.28. The molecule has 0 amide bonds. The Bertz CT molecular complexity index is 1310. The van der Waals surface area contributed by atoms with E-state index >= 15 is 8.78 Å². The first-order valence-corrected chi connectivity index (χ1v) is 9.61. The molecule has 0 saturated heterocycles. The van der Waals surface area contributed by atoms with E-state index in [1.807, 2.05) is 13.1 Å². The van der Waals surface area contributed by atoms with Gasteiger partial charge in [-0.05, 0) is 42.6 Å². The van der Waals surface area contributed by atoms with Gasteiger partial charge in [-0.25, -0.2) is 13.6 Å². The molecule has 5 rings (SSSR count). The monoisotopic (exact) mass is 411 g/mol. The second-order valence-electron chi connectivity index (χ2n) is 8.28. The minimum absolute atomic E-state index is 0.115. The number of nitrogens with one attached hydrogen (secondary N) is 1. The summed E-state index contributed by atoms with van der Waals surface area (Å²) in [5.74, 6) is -3.31. The van der Waals surface area contributed by atoms with Gasteiger partial charge < -0.3 is 15.8 Å². The van der Waals surface area contributed by atoms with Crippen LogP contribution in [0.2, 0.25) is 0 Å². The van der Waals surface area contributed by atoms with E-state index in [1.165, 1.54) is 0 Å². The molecule has 30 heavy (non-hydrogen) atoms. The maximum absolute atomic E-state index is 15.8. The third kappa shape index (κ3) is 2.60. The van der Waals surface area contributed by atoms with Crippen LogP contribution < -0.4 is 11.2 Å². The quantitative estimate of drug-likeness (QED) is 0.615. The van der Waals surface area contributed by atoms with Gasteiger partial charge in [0.15, 0.2) is 5.82 Å². The van der Waals surface area contributed by atoms with E-state index < -0.39 is 34.1 Å². The number of aromatic carboxylic acids is 1. The van der Waals surface area contributed by atoms with Crippen molar-refractivity contribution in [3.8, 4) is 11.1 Å². The van der Waals surface area contributed by atoms with Crippen LogP contribution in [0.5, 0.6) is 0 Å². The van der Waals surface area contributed by atoms with Crippen LogP contribution in [0.1, 0.15) is 39.9 Å². The van der Waals surface area contributed by atoms with Crippen LogP contribution in [0.15, 0.2) is 29.2 Å². The van der Waals surface area contributed by atoms with Crippen LogP contribution in [0, 0.1) is 11.6 Å². The SMILES string of the molecule is CN1Cc2ccc(-c3c(F)c(C4(N)CC4)c4c(=O)c(C(=O)O)c[nH]c4c3F)cc2C1. The standard InChI is InChI=1S/C22H19F2N3O3/c1-27-8-11-3-2-10(6-12(11)9-27)14-17(23)16(22(25)4-5-22)15-19(18(14)24)26-7-13(20(15)28)21(29)30/h2-3,6-7H,4-5,8-9,25H2,1H3,(H,26,28)(H,29,30). The van der Waals surface area contributed by atoms with E-state index in [2.05, 4.69) is 9.88 Å². The predicted octanol–water partition coefficient (Wildman–Crippen LogP) is 3.06. The number of aromatic amines is 1. The summed E-state index contributed by atoms with van der Waals surface area (Å²) in [6.45, 7) is 1.44. The van der Waals surface area contributed by atoms with E-state index in [0.717, 1.165) is 23.9 Å². The van der Waals surface area contributed by atoms with Gasteiger partial charge in [-0.15, -0.1) is 0 Å². The van der Waals surface area contributed by atoms with Gasteiger partial charge in [0.2, 0.25) is 5.43 Å². The highest BCUT2D eigenvalue weighted by Crippen LogP contribution is 2.48. The molecule has 0 bridgehead atoms. The number of hydrogen-bond acceptors (Lipinski definition) is 4. The van der Waals surface area contributed by atoms with Gasteiger partial charge in [0.25, 0.3) is 0 Å². The Morgan fingerprint density at radius 2 is 1.90 bits per heavy atom. The number of fused-ring (bicyclic) bond motifs is 2. The van der Waals surface area contributed by atoms with Gasteiger partial charge in [0.1, 0.15) is 11.4 Å².